The number of nitrogens with zero attached hydrogens (tertiary/aromatic N) is 2. The van der Waals surface area contributed by atoms with Crippen LogP contribution in [0.4, 0.5) is 11.5 Å². The second-order valence-corrected chi connectivity index (χ2v) is 5.06. The number of fused-ring (bicyclic) bond motifs is 1. The van der Waals surface area contributed by atoms with E-state index in [1.807, 2.05) is 0 Å². The first-order valence-corrected chi connectivity index (χ1v) is 6.79. The predicted octanol–water partition coefficient (Wildman–Crippen LogP) is 2.80. The summed E-state index contributed by atoms with van der Waals surface area (Å²) in [7, 11) is 2.06. The quantitative estimate of drug-likeness (QED) is 0.914. The van der Waals surface area contributed by atoms with Crippen molar-refractivity contribution in [2.45, 2.75) is 25.8 Å². The van der Waals surface area contributed by atoms with Crippen molar-refractivity contribution in [1.82, 2.24) is 4.98 Å². The fraction of sp³-hybridized carbons (Fsp3) is 0.312. The number of rotatable bonds is 3. The highest BCUT2D eigenvalue weighted by Gasteiger charge is 2.14. The van der Waals surface area contributed by atoms with E-state index in [1.165, 1.54) is 24.1 Å². The molecule has 3 nitrogen and oxygen atoms in total. The van der Waals surface area contributed by atoms with Crippen LogP contribution >= 0.6 is 0 Å². The molecule has 0 saturated carbocycles. The van der Waals surface area contributed by atoms with E-state index in [9.17, 15) is 0 Å². The lowest BCUT2D eigenvalue weighted by Crippen LogP contribution is -2.12. The zero-order valence-corrected chi connectivity index (χ0v) is 11.3. The number of benzene rings is 1. The number of hydrogen-bond donors (Lipinski definition) is 1. The Morgan fingerprint density at radius 2 is 1.89 bits per heavy atom. The van der Waals surface area contributed by atoms with Crippen LogP contribution in [0.25, 0.3) is 0 Å². The number of anilines is 2. The molecule has 0 bridgehead atoms. The van der Waals surface area contributed by atoms with Crippen molar-refractivity contribution < 1.29 is 0 Å². The first-order chi connectivity index (χ1) is 9.28. The van der Waals surface area contributed by atoms with Crippen LogP contribution in [-0.4, -0.2) is 12.0 Å². The van der Waals surface area contributed by atoms with Gasteiger partial charge in [-0.3, -0.25) is 0 Å². The third-order valence-electron chi connectivity index (χ3n) is 3.82. The van der Waals surface area contributed by atoms with Gasteiger partial charge in [0.05, 0.1) is 0 Å². The van der Waals surface area contributed by atoms with Crippen molar-refractivity contribution in [2.24, 2.45) is 5.73 Å². The Morgan fingerprint density at radius 3 is 2.63 bits per heavy atom. The first kappa shape index (κ1) is 12.2. The Kier molecular flexibility index (Phi) is 3.22. The molecule has 1 aromatic carbocycles. The maximum atomic E-state index is 5.62. The van der Waals surface area contributed by atoms with Gasteiger partial charge in [0.1, 0.15) is 5.82 Å². The Balaban J connectivity index is 1.88. The van der Waals surface area contributed by atoms with Gasteiger partial charge in [-0.1, -0.05) is 18.2 Å². The molecule has 3 heteroatoms. The van der Waals surface area contributed by atoms with Gasteiger partial charge in [0.2, 0.25) is 0 Å². The molecule has 0 spiro atoms. The summed E-state index contributed by atoms with van der Waals surface area (Å²) in [6, 6.07) is 12.7. The molecule has 0 atom stereocenters. The molecule has 0 aliphatic heterocycles. The number of nitrogens with two attached hydrogens (primary N) is 1. The SMILES string of the molecule is CN(c1ccc(CN)cc1)c1ccc2c(n1)CCC2. The average Bonchev–Trinajstić information content (AvgIpc) is 2.94. The van der Waals surface area contributed by atoms with Gasteiger partial charge < -0.3 is 10.6 Å². The molecule has 0 amide bonds. The number of hydrogen-bond acceptors (Lipinski definition) is 3. The normalized spacial score (nSPS) is 13.4. The maximum absolute atomic E-state index is 5.62. The van der Waals surface area contributed by atoms with Crippen molar-refractivity contribution in [3.05, 3.63) is 53.2 Å². The van der Waals surface area contributed by atoms with Crippen LogP contribution in [0.5, 0.6) is 0 Å². The molecule has 0 unspecified atom stereocenters. The summed E-state index contributed by atoms with van der Waals surface area (Å²) in [6.45, 7) is 0.584. The summed E-state index contributed by atoms with van der Waals surface area (Å²) < 4.78 is 0. The third kappa shape index (κ3) is 2.34. The van der Waals surface area contributed by atoms with Gasteiger partial charge in [0, 0.05) is 25.0 Å². The molecule has 0 radical (unpaired) electrons. The van der Waals surface area contributed by atoms with Crippen molar-refractivity contribution >= 4 is 11.5 Å². The molecule has 98 valence electrons. The molecule has 2 N–H and O–H groups in total. The molecule has 1 aliphatic rings. The van der Waals surface area contributed by atoms with Crippen molar-refractivity contribution in [3.63, 3.8) is 0 Å². The van der Waals surface area contributed by atoms with Gasteiger partial charge in [0.15, 0.2) is 0 Å². The van der Waals surface area contributed by atoms with Crippen LogP contribution in [0.3, 0.4) is 0 Å². The molecule has 0 fully saturated rings. The topological polar surface area (TPSA) is 42.1 Å². The van der Waals surface area contributed by atoms with E-state index in [2.05, 4.69) is 48.3 Å². The smallest absolute Gasteiger partial charge is 0.132 e. The second-order valence-electron chi connectivity index (χ2n) is 5.06. The van der Waals surface area contributed by atoms with E-state index in [4.69, 9.17) is 10.7 Å². The maximum Gasteiger partial charge on any atom is 0.132 e. The van der Waals surface area contributed by atoms with Gasteiger partial charge in [-0.2, -0.15) is 0 Å². The minimum absolute atomic E-state index is 0.584. The standard InChI is InChI=1S/C16H19N3/c1-19(14-8-5-12(11-17)6-9-14)16-10-7-13-3-2-4-15(13)18-16/h5-10H,2-4,11,17H2,1H3. The summed E-state index contributed by atoms with van der Waals surface area (Å²) in [5.74, 6) is 1.01. The zero-order valence-electron chi connectivity index (χ0n) is 11.3. The molecule has 2 aromatic rings. The lowest BCUT2D eigenvalue weighted by molar-refractivity contribution is 0.898. The van der Waals surface area contributed by atoms with Gasteiger partial charge in [-0.25, -0.2) is 4.98 Å². The molecule has 1 aliphatic carbocycles. The van der Waals surface area contributed by atoms with Gasteiger partial charge in [0.25, 0.3) is 0 Å². The van der Waals surface area contributed by atoms with Crippen LogP contribution in [0, 0.1) is 0 Å². The van der Waals surface area contributed by atoms with E-state index in [0.29, 0.717) is 6.54 Å². The van der Waals surface area contributed by atoms with Crippen LogP contribution in [0.2, 0.25) is 0 Å². The fourth-order valence-electron chi connectivity index (χ4n) is 2.58. The Morgan fingerprint density at radius 1 is 1.11 bits per heavy atom. The van der Waals surface area contributed by atoms with Crippen molar-refractivity contribution in [1.29, 1.82) is 0 Å². The van der Waals surface area contributed by atoms with Crippen LogP contribution in [0.1, 0.15) is 23.2 Å². The Bertz CT molecular complexity index is 575. The van der Waals surface area contributed by atoms with E-state index in [0.717, 1.165) is 23.5 Å². The van der Waals surface area contributed by atoms with Gasteiger partial charge in [-0.15, -0.1) is 0 Å². The summed E-state index contributed by atoms with van der Waals surface area (Å²) >= 11 is 0. The zero-order chi connectivity index (χ0) is 13.2. The number of aromatic nitrogens is 1. The molecular weight excluding hydrogens is 234 g/mol. The van der Waals surface area contributed by atoms with E-state index < -0.39 is 0 Å². The molecule has 0 saturated heterocycles. The highest BCUT2D eigenvalue weighted by molar-refractivity contribution is 5.60. The van der Waals surface area contributed by atoms with E-state index >= 15 is 0 Å². The molecule has 1 heterocycles. The molecule has 3 rings (SSSR count). The van der Waals surface area contributed by atoms with Gasteiger partial charge >= 0.3 is 0 Å². The summed E-state index contributed by atoms with van der Waals surface area (Å²) in [5.41, 5.74) is 10.6. The lowest BCUT2D eigenvalue weighted by Gasteiger charge is -2.19. The third-order valence-corrected chi connectivity index (χ3v) is 3.82. The first-order valence-electron chi connectivity index (χ1n) is 6.79. The molecular formula is C16H19N3. The fourth-order valence-corrected chi connectivity index (χ4v) is 2.58. The minimum Gasteiger partial charge on any atom is -0.329 e. The summed E-state index contributed by atoms with van der Waals surface area (Å²) in [5, 5.41) is 0. The highest BCUT2D eigenvalue weighted by Crippen LogP contribution is 2.26. The number of pyridine rings is 1. The van der Waals surface area contributed by atoms with Gasteiger partial charge in [-0.05, 0) is 48.6 Å². The number of aryl methyl sites for hydroxylation is 2. The lowest BCUT2D eigenvalue weighted by atomic mass is 10.2. The summed E-state index contributed by atoms with van der Waals surface area (Å²) in [4.78, 5) is 6.90. The van der Waals surface area contributed by atoms with Crippen LogP contribution in [0.15, 0.2) is 36.4 Å². The monoisotopic (exact) mass is 253 g/mol. The van der Waals surface area contributed by atoms with Crippen molar-refractivity contribution in [3.8, 4) is 0 Å². The molecule has 19 heavy (non-hydrogen) atoms. The minimum atomic E-state index is 0.584. The van der Waals surface area contributed by atoms with E-state index in [-0.39, 0.29) is 0 Å². The summed E-state index contributed by atoms with van der Waals surface area (Å²) in [6.07, 6.45) is 3.53. The second kappa shape index (κ2) is 5.02. The van der Waals surface area contributed by atoms with Crippen LogP contribution < -0.4 is 10.6 Å². The van der Waals surface area contributed by atoms with Crippen molar-refractivity contribution in [2.75, 3.05) is 11.9 Å². The highest BCUT2D eigenvalue weighted by atomic mass is 15.2. The van der Waals surface area contributed by atoms with E-state index in [1.54, 1.807) is 0 Å². The largest absolute Gasteiger partial charge is 0.329 e. The molecule has 1 aromatic heterocycles. The predicted molar refractivity (Wildman–Crippen MR) is 78.7 cm³/mol. The Hall–Kier alpha value is -1.87. The average molecular weight is 253 g/mol. The van der Waals surface area contributed by atoms with Crippen LogP contribution in [-0.2, 0) is 19.4 Å². The Labute approximate surface area is 114 Å².